The maximum atomic E-state index is 12.2. The SMILES string of the molecule is O=C(COC(=O)c1ccc2c(c1)OCCO2)Nc1nc(-c2ccccc2)cs1. The Balaban J connectivity index is 1.32. The van der Waals surface area contributed by atoms with Crippen molar-refractivity contribution in [1.29, 1.82) is 0 Å². The fourth-order valence-corrected chi connectivity index (χ4v) is 3.35. The van der Waals surface area contributed by atoms with E-state index >= 15 is 0 Å². The molecule has 1 aliphatic rings. The molecule has 0 saturated carbocycles. The first-order valence-electron chi connectivity index (χ1n) is 8.56. The average molecular weight is 396 g/mol. The van der Waals surface area contributed by atoms with Gasteiger partial charge in [0.1, 0.15) is 13.2 Å². The van der Waals surface area contributed by atoms with Gasteiger partial charge < -0.3 is 14.2 Å². The second-order valence-electron chi connectivity index (χ2n) is 5.89. The fourth-order valence-electron chi connectivity index (χ4n) is 2.61. The lowest BCUT2D eigenvalue weighted by Crippen LogP contribution is -2.21. The van der Waals surface area contributed by atoms with Crippen LogP contribution in [0.15, 0.2) is 53.9 Å². The molecule has 28 heavy (non-hydrogen) atoms. The van der Waals surface area contributed by atoms with E-state index in [1.807, 2.05) is 35.7 Å². The Kier molecular flexibility index (Phi) is 5.20. The summed E-state index contributed by atoms with van der Waals surface area (Å²) in [4.78, 5) is 28.6. The Labute approximate surface area is 164 Å². The number of anilines is 1. The zero-order valence-corrected chi connectivity index (χ0v) is 15.5. The predicted molar refractivity (Wildman–Crippen MR) is 104 cm³/mol. The number of carbonyl (C=O) groups excluding carboxylic acids is 2. The van der Waals surface area contributed by atoms with Crippen LogP contribution in [0.4, 0.5) is 5.13 Å². The number of nitrogens with zero attached hydrogens (tertiary/aromatic N) is 1. The number of fused-ring (bicyclic) bond motifs is 1. The molecule has 2 heterocycles. The van der Waals surface area contributed by atoms with Crippen LogP contribution >= 0.6 is 11.3 Å². The molecule has 0 bridgehead atoms. The van der Waals surface area contributed by atoms with Gasteiger partial charge in [-0.1, -0.05) is 30.3 Å². The van der Waals surface area contributed by atoms with Gasteiger partial charge in [0.2, 0.25) is 0 Å². The van der Waals surface area contributed by atoms with Crippen LogP contribution in [-0.4, -0.2) is 36.7 Å². The summed E-state index contributed by atoms with van der Waals surface area (Å²) in [5.74, 6) is -0.00370. The van der Waals surface area contributed by atoms with Crippen LogP contribution in [0.2, 0.25) is 0 Å². The van der Waals surface area contributed by atoms with E-state index in [0.29, 0.717) is 29.8 Å². The monoisotopic (exact) mass is 396 g/mol. The summed E-state index contributed by atoms with van der Waals surface area (Å²) in [5, 5.41) is 4.93. The van der Waals surface area contributed by atoms with Crippen LogP contribution in [0.1, 0.15) is 10.4 Å². The van der Waals surface area contributed by atoms with Gasteiger partial charge in [-0.3, -0.25) is 10.1 Å². The third-order valence-electron chi connectivity index (χ3n) is 3.93. The van der Waals surface area contributed by atoms with Crippen LogP contribution in [0.3, 0.4) is 0 Å². The first-order valence-corrected chi connectivity index (χ1v) is 9.44. The third kappa shape index (κ3) is 4.12. The molecule has 0 radical (unpaired) electrons. The average Bonchev–Trinajstić information content (AvgIpc) is 3.20. The van der Waals surface area contributed by atoms with E-state index in [-0.39, 0.29) is 5.56 Å². The fraction of sp³-hybridized carbons (Fsp3) is 0.150. The molecule has 8 heteroatoms. The molecule has 0 fully saturated rings. The van der Waals surface area contributed by atoms with E-state index in [0.717, 1.165) is 11.3 Å². The molecule has 3 aromatic rings. The second kappa shape index (κ2) is 8.10. The van der Waals surface area contributed by atoms with Crippen molar-refractivity contribution in [2.75, 3.05) is 25.1 Å². The summed E-state index contributed by atoms with van der Waals surface area (Å²) in [6.45, 7) is 0.486. The first kappa shape index (κ1) is 18.0. The number of hydrogen-bond donors (Lipinski definition) is 1. The van der Waals surface area contributed by atoms with Crippen molar-refractivity contribution in [3.05, 3.63) is 59.5 Å². The lowest BCUT2D eigenvalue weighted by Gasteiger charge is -2.18. The highest BCUT2D eigenvalue weighted by atomic mass is 32.1. The lowest BCUT2D eigenvalue weighted by molar-refractivity contribution is -0.119. The molecule has 1 aromatic heterocycles. The Hall–Kier alpha value is -3.39. The smallest absolute Gasteiger partial charge is 0.338 e. The Morgan fingerprint density at radius 2 is 1.86 bits per heavy atom. The molecule has 0 aliphatic carbocycles. The molecule has 1 N–H and O–H groups in total. The van der Waals surface area contributed by atoms with Crippen molar-refractivity contribution in [1.82, 2.24) is 4.98 Å². The van der Waals surface area contributed by atoms with Crippen molar-refractivity contribution in [2.45, 2.75) is 0 Å². The maximum absolute atomic E-state index is 12.2. The largest absolute Gasteiger partial charge is 0.486 e. The van der Waals surface area contributed by atoms with Gasteiger partial charge in [-0.25, -0.2) is 9.78 Å². The van der Waals surface area contributed by atoms with E-state index in [4.69, 9.17) is 14.2 Å². The Bertz CT molecular complexity index is 1000. The molecule has 7 nitrogen and oxygen atoms in total. The number of nitrogens with one attached hydrogen (secondary N) is 1. The number of esters is 1. The minimum absolute atomic E-state index is 0.290. The molecule has 1 amide bonds. The highest BCUT2D eigenvalue weighted by molar-refractivity contribution is 7.14. The normalized spacial score (nSPS) is 12.3. The van der Waals surface area contributed by atoms with Crippen LogP contribution in [0.5, 0.6) is 11.5 Å². The van der Waals surface area contributed by atoms with Gasteiger partial charge >= 0.3 is 5.97 Å². The summed E-state index contributed by atoms with van der Waals surface area (Å²) in [5.41, 5.74) is 2.02. The zero-order chi connectivity index (χ0) is 19.3. The van der Waals surface area contributed by atoms with E-state index in [1.54, 1.807) is 18.2 Å². The van der Waals surface area contributed by atoms with Gasteiger partial charge in [-0.05, 0) is 18.2 Å². The van der Waals surface area contributed by atoms with Gasteiger partial charge in [-0.15, -0.1) is 11.3 Å². The highest BCUT2D eigenvalue weighted by Gasteiger charge is 2.17. The molecule has 2 aromatic carbocycles. The zero-order valence-electron chi connectivity index (χ0n) is 14.7. The molecule has 4 rings (SSSR count). The van der Waals surface area contributed by atoms with Gasteiger partial charge in [0.15, 0.2) is 23.2 Å². The standard InChI is InChI=1S/C20H16N2O5S/c23-18(22-20-21-15(12-28-20)13-4-2-1-3-5-13)11-27-19(24)14-6-7-16-17(10-14)26-9-8-25-16/h1-7,10,12H,8-9,11H2,(H,21,22,23). The second-order valence-corrected chi connectivity index (χ2v) is 6.74. The maximum Gasteiger partial charge on any atom is 0.338 e. The molecular formula is C20H16N2O5S. The van der Waals surface area contributed by atoms with Crippen molar-refractivity contribution in [3.63, 3.8) is 0 Å². The Morgan fingerprint density at radius 3 is 2.68 bits per heavy atom. The van der Waals surface area contributed by atoms with Crippen LogP contribution < -0.4 is 14.8 Å². The van der Waals surface area contributed by atoms with E-state index in [2.05, 4.69) is 10.3 Å². The molecule has 0 spiro atoms. The van der Waals surface area contributed by atoms with Crippen LogP contribution in [-0.2, 0) is 9.53 Å². The molecule has 0 saturated heterocycles. The van der Waals surface area contributed by atoms with Gasteiger partial charge in [0, 0.05) is 10.9 Å². The number of carbonyl (C=O) groups is 2. The van der Waals surface area contributed by atoms with Gasteiger partial charge in [0.05, 0.1) is 11.3 Å². The Morgan fingerprint density at radius 1 is 1.07 bits per heavy atom. The van der Waals surface area contributed by atoms with Crippen molar-refractivity contribution >= 4 is 28.3 Å². The number of rotatable bonds is 5. The number of amides is 1. The number of hydrogen-bond acceptors (Lipinski definition) is 7. The van der Waals surface area contributed by atoms with E-state index in [9.17, 15) is 9.59 Å². The van der Waals surface area contributed by atoms with Gasteiger partial charge in [0.25, 0.3) is 5.91 Å². The van der Waals surface area contributed by atoms with Gasteiger partial charge in [-0.2, -0.15) is 0 Å². The lowest BCUT2D eigenvalue weighted by atomic mass is 10.2. The van der Waals surface area contributed by atoms with Crippen molar-refractivity contribution in [3.8, 4) is 22.8 Å². The predicted octanol–water partition coefficient (Wildman–Crippen LogP) is 3.38. The van der Waals surface area contributed by atoms with Crippen LogP contribution in [0, 0.1) is 0 Å². The summed E-state index contributed by atoms with van der Waals surface area (Å²) in [6, 6.07) is 14.4. The molecule has 0 atom stereocenters. The van der Waals surface area contributed by atoms with Crippen molar-refractivity contribution < 1.29 is 23.8 Å². The molecule has 0 unspecified atom stereocenters. The third-order valence-corrected chi connectivity index (χ3v) is 4.69. The first-order chi connectivity index (χ1) is 13.7. The molecular weight excluding hydrogens is 380 g/mol. The quantitative estimate of drug-likeness (QED) is 0.666. The number of ether oxygens (including phenoxy) is 3. The topological polar surface area (TPSA) is 86.8 Å². The van der Waals surface area contributed by atoms with Crippen LogP contribution in [0.25, 0.3) is 11.3 Å². The summed E-state index contributed by atoms with van der Waals surface area (Å²) in [6.07, 6.45) is 0. The highest BCUT2D eigenvalue weighted by Crippen LogP contribution is 2.31. The van der Waals surface area contributed by atoms with E-state index < -0.39 is 18.5 Å². The number of thiazole rings is 1. The molecule has 1 aliphatic heterocycles. The summed E-state index contributed by atoms with van der Waals surface area (Å²) in [7, 11) is 0. The van der Waals surface area contributed by atoms with Crippen molar-refractivity contribution in [2.24, 2.45) is 0 Å². The minimum atomic E-state index is -0.615. The number of benzene rings is 2. The van der Waals surface area contributed by atoms with E-state index in [1.165, 1.54) is 11.3 Å². The summed E-state index contributed by atoms with van der Waals surface area (Å²) < 4.78 is 15.9. The minimum Gasteiger partial charge on any atom is -0.486 e. The number of aromatic nitrogens is 1. The summed E-state index contributed by atoms with van der Waals surface area (Å²) >= 11 is 1.30. The molecule has 142 valence electrons.